The Hall–Kier alpha value is -1.10. The molecule has 0 saturated carbocycles. The van der Waals surface area contributed by atoms with Gasteiger partial charge in [0.05, 0.1) is 6.61 Å². The molecular weight excluding hydrogens is 264 g/mol. The minimum atomic E-state index is 0.165. The molecule has 1 aromatic carbocycles. The molecule has 1 aromatic rings. The number of piperidine rings is 1. The zero-order chi connectivity index (χ0) is 15.4. The SMILES string of the molecule is Cc1cc(O)c(CN(CCO)C2CCN(C)CC2)cc1C. The summed E-state index contributed by atoms with van der Waals surface area (Å²) in [5.41, 5.74) is 3.28. The van der Waals surface area contributed by atoms with Crippen LogP contribution in [0.1, 0.15) is 29.5 Å². The van der Waals surface area contributed by atoms with Gasteiger partial charge in [-0.3, -0.25) is 4.90 Å². The van der Waals surface area contributed by atoms with Crippen molar-refractivity contribution >= 4 is 0 Å². The van der Waals surface area contributed by atoms with E-state index in [4.69, 9.17) is 0 Å². The highest BCUT2D eigenvalue weighted by Crippen LogP contribution is 2.25. The fraction of sp³-hybridized carbons (Fsp3) is 0.647. The van der Waals surface area contributed by atoms with Crippen LogP contribution in [-0.4, -0.2) is 59.3 Å². The molecule has 0 bridgehead atoms. The van der Waals surface area contributed by atoms with Gasteiger partial charge in [-0.15, -0.1) is 0 Å². The molecular formula is C17H28N2O2. The third-order valence-corrected chi connectivity index (χ3v) is 4.66. The highest BCUT2D eigenvalue weighted by Gasteiger charge is 2.23. The van der Waals surface area contributed by atoms with E-state index in [2.05, 4.69) is 29.8 Å². The maximum absolute atomic E-state index is 10.2. The van der Waals surface area contributed by atoms with Crippen LogP contribution in [0.15, 0.2) is 12.1 Å². The van der Waals surface area contributed by atoms with Crippen molar-refractivity contribution in [1.29, 1.82) is 0 Å². The predicted molar refractivity (Wildman–Crippen MR) is 85.6 cm³/mol. The summed E-state index contributed by atoms with van der Waals surface area (Å²) in [5, 5.41) is 19.5. The van der Waals surface area contributed by atoms with Crippen LogP contribution in [-0.2, 0) is 6.54 Å². The monoisotopic (exact) mass is 292 g/mol. The molecule has 1 aliphatic heterocycles. The zero-order valence-corrected chi connectivity index (χ0v) is 13.5. The molecule has 4 nitrogen and oxygen atoms in total. The summed E-state index contributed by atoms with van der Waals surface area (Å²) in [4.78, 5) is 4.66. The van der Waals surface area contributed by atoms with Gasteiger partial charge in [-0.05, 0) is 64.0 Å². The van der Waals surface area contributed by atoms with Gasteiger partial charge in [-0.2, -0.15) is 0 Å². The highest BCUT2D eigenvalue weighted by atomic mass is 16.3. The molecule has 0 amide bonds. The van der Waals surface area contributed by atoms with Crippen molar-refractivity contribution in [2.75, 3.05) is 33.3 Å². The molecule has 0 aromatic heterocycles. The van der Waals surface area contributed by atoms with Crippen LogP contribution in [0.4, 0.5) is 0 Å². The second kappa shape index (κ2) is 7.25. The van der Waals surface area contributed by atoms with Crippen LogP contribution < -0.4 is 0 Å². The van der Waals surface area contributed by atoms with Crippen molar-refractivity contribution in [3.8, 4) is 5.75 Å². The van der Waals surface area contributed by atoms with Gasteiger partial charge in [0.15, 0.2) is 0 Å². The smallest absolute Gasteiger partial charge is 0.120 e. The van der Waals surface area contributed by atoms with Crippen molar-refractivity contribution < 1.29 is 10.2 Å². The fourth-order valence-electron chi connectivity index (χ4n) is 3.09. The molecule has 0 unspecified atom stereocenters. The maximum Gasteiger partial charge on any atom is 0.120 e. The first-order chi connectivity index (χ1) is 10.0. The minimum absolute atomic E-state index is 0.165. The van der Waals surface area contributed by atoms with Gasteiger partial charge in [-0.25, -0.2) is 0 Å². The average Bonchev–Trinajstić information content (AvgIpc) is 2.45. The summed E-state index contributed by atoms with van der Waals surface area (Å²) in [7, 11) is 2.15. The maximum atomic E-state index is 10.2. The molecule has 21 heavy (non-hydrogen) atoms. The first-order valence-electron chi connectivity index (χ1n) is 7.83. The van der Waals surface area contributed by atoms with E-state index < -0.39 is 0 Å². The van der Waals surface area contributed by atoms with Crippen LogP contribution in [0.2, 0.25) is 0 Å². The van der Waals surface area contributed by atoms with Crippen molar-refractivity contribution in [2.24, 2.45) is 0 Å². The molecule has 0 radical (unpaired) electrons. The average molecular weight is 292 g/mol. The summed E-state index contributed by atoms with van der Waals surface area (Å²) in [6.45, 7) is 7.84. The first-order valence-corrected chi connectivity index (χ1v) is 7.83. The van der Waals surface area contributed by atoms with Gasteiger partial charge in [0.2, 0.25) is 0 Å². The van der Waals surface area contributed by atoms with Gasteiger partial charge in [-0.1, -0.05) is 6.07 Å². The lowest BCUT2D eigenvalue weighted by Gasteiger charge is -2.37. The molecule has 118 valence electrons. The van der Waals surface area contributed by atoms with E-state index in [0.717, 1.165) is 37.1 Å². The lowest BCUT2D eigenvalue weighted by Crippen LogP contribution is -2.44. The topological polar surface area (TPSA) is 46.9 Å². The summed E-state index contributed by atoms with van der Waals surface area (Å²) in [6, 6.07) is 4.41. The van der Waals surface area contributed by atoms with Crippen molar-refractivity contribution in [2.45, 2.75) is 39.3 Å². The second-order valence-corrected chi connectivity index (χ2v) is 6.29. The highest BCUT2D eigenvalue weighted by molar-refractivity contribution is 5.40. The molecule has 1 saturated heterocycles. The van der Waals surface area contributed by atoms with E-state index in [9.17, 15) is 10.2 Å². The van der Waals surface area contributed by atoms with Gasteiger partial charge in [0.1, 0.15) is 5.75 Å². The van der Waals surface area contributed by atoms with Crippen molar-refractivity contribution in [1.82, 2.24) is 9.80 Å². The van der Waals surface area contributed by atoms with Crippen LogP contribution in [0.3, 0.4) is 0 Å². The number of phenols is 1. The fourth-order valence-corrected chi connectivity index (χ4v) is 3.09. The number of nitrogens with zero attached hydrogens (tertiary/aromatic N) is 2. The standard InChI is InChI=1S/C17H28N2O2/c1-13-10-15(17(21)11-14(13)2)12-19(8-9-20)16-4-6-18(3)7-5-16/h10-11,16,20-21H,4-9,12H2,1-3H3. The van der Waals surface area contributed by atoms with Gasteiger partial charge >= 0.3 is 0 Å². The Kier molecular flexibility index (Phi) is 5.62. The number of likely N-dealkylation sites (tertiary alicyclic amines) is 1. The van der Waals surface area contributed by atoms with E-state index in [0.29, 0.717) is 24.9 Å². The summed E-state index contributed by atoms with van der Waals surface area (Å²) >= 11 is 0. The number of hydrogen-bond donors (Lipinski definition) is 2. The van der Waals surface area contributed by atoms with Crippen LogP contribution in [0.5, 0.6) is 5.75 Å². The normalized spacial score (nSPS) is 17.6. The molecule has 2 rings (SSSR count). The molecule has 1 fully saturated rings. The van der Waals surface area contributed by atoms with Crippen LogP contribution in [0, 0.1) is 13.8 Å². The molecule has 4 heteroatoms. The third-order valence-electron chi connectivity index (χ3n) is 4.66. The number of hydrogen-bond acceptors (Lipinski definition) is 4. The predicted octanol–water partition coefficient (Wildman–Crippen LogP) is 1.90. The van der Waals surface area contributed by atoms with E-state index in [1.165, 1.54) is 5.56 Å². The Labute approximate surface area is 128 Å². The molecule has 2 N–H and O–H groups in total. The molecule has 1 heterocycles. The molecule has 0 spiro atoms. The summed E-state index contributed by atoms with van der Waals surface area (Å²) in [5.74, 6) is 0.369. The van der Waals surface area contributed by atoms with E-state index in [-0.39, 0.29) is 6.61 Å². The Morgan fingerprint density at radius 2 is 1.81 bits per heavy atom. The molecule has 0 aliphatic carbocycles. The Balaban J connectivity index is 2.10. The van der Waals surface area contributed by atoms with Crippen molar-refractivity contribution in [3.63, 3.8) is 0 Å². The molecule has 1 aliphatic rings. The molecule has 0 atom stereocenters. The number of aryl methyl sites for hydroxylation is 2. The third kappa shape index (κ3) is 4.19. The second-order valence-electron chi connectivity index (χ2n) is 6.29. The minimum Gasteiger partial charge on any atom is -0.508 e. The van der Waals surface area contributed by atoms with Gasteiger partial charge < -0.3 is 15.1 Å². The van der Waals surface area contributed by atoms with Crippen LogP contribution in [0.25, 0.3) is 0 Å². The lowest BCUT2D eigenvalue weighted by atomic mass is 10.0. The van der Waals surface area contributed by atoms with Crippen molar-refractivity contribution in [3.05, 3.63) is 28.8 Å². The largest absolute Gasteiger partial charge is 0.508 e. The van der Waals surface area contributed by atoms with E-state index >= 15 is 0 Å². The van der Waals surface area contributed by atoms with E-state index in [1.807, 2.05) is 13.0 Å². The van der Waals surface area contributed by atoms with Gasteiger partial charge in [0, 0.05) is 24.7 Å². The van der Waals surface area contributed by atoms with Gasteiger partial charge in [0.25, 0.3) is 0 Å². The zero-order valence-electron chi connectivity index (χ0n) is 13.5. The number of aliphatic hydroxyl groups excluding tert-OH is 1. The summed E-state index contributed by atoms with van der Waals surface area (Å²) in [6.07, 6.45) is 2.25. The summed E-state index contributed by atoms with van der Waals surface area (Å²) < 4.78 is 0. The first kappa shape index (κ1) is 16.3. The number of aliphatic hydroxyl groups is 1. The lowest BCUT2D eigenvalue weighted by molar-refractivity contribution is 0.0934. The Bertz CT molecular complexity index is 468. The number of aromatic hydroxyl groups is 1. The Morgan fingerprint density at radius 1 is 1.19 bits per heavy atom. The quantitative estimate of drug-likeness (QED) is 0.870. The number of rotatable bonds is 5. The number of benzene rings is 1. The van der Waals surface area contributed by atoms with E-state index in [1.54, 1.807) is 0 Å². The Morgan fingerprint density at radius 3 is 2.43 bits per heavy atom. The van der Waals surface area contributed by atoms with Crippen LogP contribution >= 0.6 is 0 Å². The number of phenolic OH excluding ortho intramolecular Hbond substituents is 1.